The largest absolute Gasteiger partial charge is 0.507 e. The molecule has 0 spiro atoms. The molecule has 0 aliphatic heterocycles. The van der Waals surface area contributed by atoms with E-state index in [1.807, 2.05) is 0 Å². The van der Waals surface area contributed by atoms with Crippen LogP contribution in [0.3, 0.4) is 0 Å². The van der Waals surface area contributed by atoms with Gasteiger partial charge in [-0.1, -0.05) is 25.0 Å². The second-order valence-electron chi connectivity index (χ2n) is 7.04. The second-order valence-corrected chi connectivity index (χ2v) is 7.04. The van der Waals surface area contributed by atoms with Crippen molar-refractivity contribution in [3.63, 3.8) is 0 Å². The molecule has 0 saturated heterocycles. The molecule has 29 heavy (non-hydrogen) atoms. The number of benzene rings is 2. The number of hydrogen-bond acceptors (Lipinski definition) is 5. The summed E-state index contributed by atoms with van der Waals surface area (Å²) in [4.78, 5) is 25.7. The van der Waals surface area contributed by atoms with Crippen LogP contribution in [0.4, 0.5) is 4.39 Å². The predicted octanol–water partition coefficient (Wildman–Crippen LogP) is 5.21. The molecule has 0 heterocycles. The highest BCUT2D eigenvalue weighted by molar-refractivity contribution is 6.08. The Kier molecular flexibility index (Phi) is 6.52. The summed E-state index contributed by atoms with van der Waals surface area (Å²) in [7, 11) is 0. The van der Waals surface area contributed by atoms with Gasteiger partial charge in [-0.2, -0.15) is 0 Å². The minimum Gasteiger partial charge on any atom is -0.507 e. The SMILES string of the molecule is CCOC(=O)c1c(O)cc(C2CCCC2)c(C(=O)OCC)c1-c1ccc(F)cc1. The fourth-order valence-corrected chi connectivity index (χ4v) is 3.99. The number of hydrogen-bond donors (Lipinski definition) is 1. The zero-order valence-electron chi connectivity index (χ0n) is 16.7. The van der Waals surface area contributed by atoms with E-state index in [4.69, 9.17) is 9.47 Å². The minimum absolute atomic E-state index is 0.0794. The van der Waals surface area contributed by atoms with Gasteiger partial charge in [0, 0.05) is 5.56 Å². The number of phenols is 1. The zero-order valence-corrected chi connectivity index (χ0v) is 16.7. The lowest BCUT2D eigenvalue weighted by molar-refractivity contribution is 0.0523. The molecule has 3 rings (SSSR count). The molecule has 2 aromatic rings. The maximum atomic E-state index is 13.5. The summed E-state index contributed by atoms with van der Waals surface area (Å²) >= 11 is 0. The van der Waals surface area contributed by atoms with Crippen LogP contribution in [-0.4, -0.2) is 30.3 Å². The average Bonchev–Trinajstić information content (AvgIpc) is 3.22. The summed E-state index contributed by atoms with van der Waals surface area (Å²) in [5.41, 5.74) is 1.46. The number of rotatable bonds is 6. The van der Waals surface area contributed by atoms with Crippen LogP contribution in [0, 0.1) is 5.82 Å². The molecule has 0 bridgehead atoms. The van der Waals surface area contributed by atoms with Crippen molar-refractivity contribution in [3.8, 4) is 16.9 Å². The van der Waals surface area contributed by atoms with Crippen molar-refractivity contribution in [2.24, 2.45) is 0 Å². The van der Waals surface area contributed by atoms with Crippen LogP contribution in [0.2, 0.25) is 0 Å². The third-order valence-electron chi connectivity index (χ3n) is 5.22. The lowest BCUT2D eigenvalue weighted by Gasteiger charge is -2.22. The number of carbonyl (C=O) groups is 2. The Morgan fingerprint density at radius 2 is 1.55 bits per heavy atom. The molecule has 1 fully saturated rings. The molecule has 0 aromatic heterocycles. The molecular weight excluding hydrogens is 375 g/mol. The van der Waals surface area contributed by atoms with E-state index < -0.39 is 17.8 Å². The van der Waals surface area contributed by atoms with Crippen molar-refractivity contribution in [3.05, 3.63) is 52.8 Å². The summed E-state index contributed by atoms with van der Waals surface area (Å²) in [6.07, 6.45) is 3.82. The number of phenolic OH excluding ortho intramolecular Hbond substituents is 1. The molecule has 0 radical (unpaired) electrons. The fraction of sp³-hybridized carbons (Fsp3) is 0.391. The number of ether oxygens (including phenoxy) is 2. The van der Waals surface area contributed by atoms with Crippen LogP contribution in [0.15, 0.2) is 30.3 Å². The predicted molar refractivity (Wildman–Crippen MR) is 107 cm³/mol. The van der Waals surface area contributed by atoms with Crippen LogP contribution in [0.5, 0.6) is 5.75 Å². The van der Waals surface area contributed by atoms with Crippen LogP contribution < -0.4 is 0 Å². The van der Waals surface area contributed by atoms with E-state index in [-0.39, 0.29) is 41.6 Å². The van der Waals surface area contributed by atoms with Gasteiger partial charge in [0.2, 0.25) is 0 Å². The van der Waals surface area contributed by atoms with Crippen molar-refractivity contribution in [1.82, 2.24) is 0 Å². The molecule has 1 N–H and O–H groups in total. The van der Waals surface area contributed by atoms with E-state index in [1.54, 1.807) is 13.8 Å². The van der Waals surface area contributed by atoms with Gasteiger partial charge >= 0.3 is 11.9 Å². The summed E-state index contributed by atoms with van der Waals surface area (Å²) in [5, 5.41) is 10.8. The molecule has 0 unspecified atom stereocenters. The molecule has 1 saturated carbocycles. The Labute approximate surface area is 169 Å². The summed E-state index contributed by atoms with van der Waals surface area (Å²) < 4.78 is 24.0. The van der Waals surface area contributed by atoms with Gasteiger partial charge in [0.05, 0.1) is 18.8 Å². The maximum absolute atomic E-state index is 13.5. The Morgan fingerprint density at radius 1 is 1.00 bits per heavy atom. The first-order valence-electron chi connectivity index (χ1n) is 9.97. The van der Waals surface area contributed by atoms with Gasteiger partial charge in [0.15, 0.2) is 0 Å². The van der Waals surface area contributed by atoms with Gasteiger partial charge in [0.25, 0.3) is 0 Å². The normalized spacial score (nSPS) is 14.0. The zero-order chi connectivity index (χ0) is 21.0. The van der Waals surface area contributed by atoms with E-state index in [0.717, 1.165) is 25.7 Å². The Bertz CT molecular complexity index is 898. The number of carbonyl (C=O) groups excluding carboxylic acids is 2. The monoisotopic (exact) mass is 400 g/mol. The van der Waals surface area contributed by atoms with Crippen molar-refractivity contribution in [2.75, 3.05) is 13.2 Å². The van der Waals surface area contributed by atoms with Crippen molar-refractivity contribution in [1.29, 1.82) is 0 Å². The van der Waals surface area contributed by atoms with Gasteiger partial charge in [0.1, 0.15) is 17.1 Å². The third kappa shape index (κ3) is 4.26. The number of halogens is 1. The van der Waals surface area contributed by atoms with E-state index >= 15 is 0 Å². The first-order valence-corrected chi connectivity index (χ1v) is 9.97. The third-order valence-corrected chi connectivity index (χ3v) is 5.22. The van der Waals surface area contributed by atoms with Gasteiger partial charge in [-0.3, -0.25) is 0 Å². The first kappa shape index (κ1) is 20.8. The van der Waals surface area contributed by atoms with Gasteiger partial charge < -0.3 is 14.6 Å². The molecule has 6 heteroatoms. The molecule has 154 valence electrons. The smallest absolute Gasteiger partial charge is 0.342 e. The maximum Gasteiger partial charge on any atom is 0.342 e. The minimum atomic E-state index is -0.743. The fourth-order valence-electron chi connectivity index (χ4n) is 3.99. The number of esters is 2. The van der Waals surface area contributed by atoms with Crippen molar-refractivity contribution in [2.45, 2.75) is 45.4 Å². The standard InChI is InChI=1S/C23H25FO5/c1-3-28-22(26)20-17(14-7-5-6-8-14)13-18(25)21(23(27)29-4-2)19(20)15-9-11-16(24)12-10-15/h9-14,25H,3-8H2,1-2H3. The molecule has 5 nitrogen and oxygen atoms in total. The summed E-state index contributed by atoms with van der Waals surface area (Å²) in [6, 6.07) is 6.94. The Balaban J connectivity index is 2.34. The quantitative estimate of drug-likeness (QED) is 0.674. The first-order chi connectivity index (χ1) is 14.0. The van der Waals surface area contributed by atoms with E-state index in [0.29, 0.717) is 11.1 Å². The highest BCUT2D eigenvalue weighted by Gasteiger charge is 2.32. The van der Waals surface area contributed by atoms with Crippen LogP contribution >= 0.6 is 0 Å². The van der Waals surface area contributed by atoms with E-state index in [1.165, 1.54) is 30.3 Å². The highest BCUT2D eigenvalue weighted by Crippen LogP contribution is 2.44. The Hall–Kier alpha value is -2.89. The Morgan fingerprint density at radius 3 is 2.10 bits per heavy atom. The van der Waals surface area contributed by atoms with E-state index in [9.17, 15) is 19.1 Å². The van der Waals surface area contributed by atoms with Crippen molar-refractivity contribution < 1.29 is 28.6 Å². The van der Waals surface area contributed by atoms with Crippen LogP contribution in [0.25, 0.3) is 11.1 Å². The molecule has 0 amide bonds. The lowest BCUT2D eigenvalue weighted by atomic mass is 9.84. The lowest BCUT2D eigenvalue weighted by Crippen LogP contribution is -2.16. The second kappa shape index (κ2) is 9.07. The number of aromatic hydroxyl groups is 1. The highest BCUT2D eigenvalue weighted by atomic mass is 19.1. The molecule has 1 aliphatic rings. The van der Waals surface area contributed by atoms with Crippen LogP contribution in [0.1, 0.15) is 71.7 Å². The summed E-state index contributed by atoms with van der Waals surface area (Å²) in [6.45, 7) is 3.64. The topological polar surface area (TPSA) is 72.8 Å². The van der Waals surface area contributed by atoms with Gasteiger partial charge in [-0.05, 0) is 61.9 Å². The van der Waals surface area contributed by atoms with Gasteiger partial charge in [-0.25, -0.2) is 14.0 Å². The van der Waals surface area contributed by atoms with E-state index in [2.05, 4.69) is 0 Å². The molecular formula is C23H25FO5. The molecule has 2 aromatic carbocycles. The van der Waals surface area contributed by atoms with Crippen LogP contribution in [-0.2, 0) is 9.47 Å². The molecule has 0 atom stereocenters. The van der Waals surface area contributed by atoms with Gasteiger partial charge in [-0.15, -0.1) is 0 Å². The molecule has 1 aliphatic carbocycles. The summed E-state index contributed by atoms with van der Waals surface area (Å²) in [5.74, 6) is -1.93. The average molecular weight is 400 g/mol. The van der Waals surface area contributed by atoms with Crippen molar-refractivity contribution >= 4 is 11.9 Å².